The van der Waals surface area contributed by atoms with Gasteiger partial charge in [0.25, 0.3) is 0 Å². The van der Waals surface area contributed by atoms with Gasteiger partial charge in [-0.2, -0.15) is 0 Å². The molecule has 2 aliphatic rings. The van der Waals surface area contributed by atoms with Gasteiger partial charge in [-0.15, -0.1) is 0 Å². The van der Waals surface area contributed by atoms with Crippen molar-refractivity contribution in [3.8, 4) is 11.5 Å². The second-order valence-corrected chi connectivity index (χ2v) is 6.44. The first-order chi connectivity index (χ1) is 10.5. The summed E-state index contributed by atoms with van der Waals surface area (Å²) < 4.78 is 10.9. The van der Waals surface area contributed by atoms with Crippen LogP contribution in [-0.2, 0) is 5.41 Å². The van der Waals surface area contributed by atoms with Gasteiger partial charge in [0.1, 0.15) is 0 Å². The summed E-state index contributed by atoms with van der Waals surface area (Å²) in [5.74, 6) is 1.52. The van der Waals surface area contributed by atoms with Gasteiger partial charge < -0.3 is 19.5 Å². The molecule has 0 bridgehead atoms. The molecule has 1 aromatic carbocycles. The van der Waals surface area contributed by atoms with Crippen LogP contribution in [0.2, 0.25) is 0 Å². The first-order valence-electron chi connectivity index (χ1n) is 7.82. The van der Waals surface area contributed by atoms with E-state index in [1.807, 2.05) is 12.1 Å². The number of hydrogen-bond acceptors (Lipinski definition) is 4. The maximum Gasteiger partial charge on any atom is 0.161 e. The molecule has 120 valence electrons. The third-order valence-corrected chi connectivity index (χ3v) is 5.47. The Morgan fingerprint density at radius 2 is 1.95 bits per heavy atom. The van der Waals surface area contributed by atoms with Crippen molar-refractivity contribution in [1.82, 2.24) is 4.90 Å². The number of aliphatic hydroxyl groups excluding tert-OH is 1. The van der Waals surface area contributed by atoms with Gasteiger partial charge in [0.05, 0.1) is 20.3 Å². The van der Waals surface area contributed by atoms with Crippen LogP contribution >= 0.6 is 0 Å². The molecular formula is C18H25NO3. The lowest BCUT2D eigenvalue weighted by molar-refractivity contribution is 0.132. The molecule has 1 aliphatic heterocycles. The molecule has 3 rings (SSSR count). The van der Waals surface area contributed by atoms with Gasteiger partial charge in [-0.3, -0.25) is 0 Å². The summed E-state index contributed by atoms with van der Waals surface area (Å²) in [4.78, 5) is 2.37. The summed E-state index contributed by atoms with van der Waals surface area (Å²) >= 11 is 0. The zero-order valence-electron chi connectivity index (χ0n) is 13.8. The normalized spacial score (nSPS) is 31.6. The van der Waals surface area contributed by atoms with Crippen LogP contribution in [0.25, 0.3) is 0 Å². The first-order valence-corrected chi connectivity index (χ1v) is 7.82. The highest BCUT2D eigenvalue weighted by Gasteiger charge is 2.51. The Labute approximate surface area is 132 Å². The van der Waals surface area contributed by atoms with Crippen molar-refractivity contribution in [2.24, 2.45) is 0 Å². The van der Waals surface area contributed by atoms with Gasteiger partial charge >= 0.3 is 0 Å². The molecule has 1 saturated heterocycles. The second kappa shape index (κ2) is 5.60. The van der Waals surface area contributed by atoms with E-state index in [4.69, 9.17) is 9.47 Å². The van der Waals surface area contributed by atoms with Gasteiger partial charge in [0, 0.05) is 11.5 Å². The number of rotatable bonds is 3. The van der Waals surface area contributed by atoms with Crippen molar-refractivity contribution < 1.29 is 14.6 Å². The van der Waals surface area contributed by atoms with E-state index in [0.29, 0.717) is 6.04 Å². The van der Waals surface area contributed by atoms with Crippen LogP contribution in [0.1, 0.15) is 25.3 Å². The highest BCUT2D eigenvalue weighted by molar-refractivity contribution is 5.50. The molecule has 0 unspecified atom stereocenters. The molecule has 1 aliphatic carbocycles. The third kappa shape index (κ3) is 2.13. The Balaban J connectivity index is 2.13. The molecule has 22 heavy (non-hydrogen) atoms. The highest BCUT2D eigenvalue weighted by Crippen LogP contribution is 2.50. The van der Waals surface area contributed by atoms with Crippen LogP contribution in [0.4, 0.5) is 0 Å². The monoisotopic (exact) mass is 303 g/mol. The Morgan fingerprint density at radius 1 is 1.23 bits per heavy atom. The third-order valence-electron chi connectivity index (χ3n) is 5.47. The SMILES string of the molecule is COc1ccc([C@]23CCN(C)[C@H]2C[C@@H](O)C=C3C)cc1OC. The molecule has 3 atom stereocenters. The molecule has 1 N–H and O–H groups in total. The maximum atomic E-state index is 10.1. The van der Waals surface area contributed by atoms with E-state index in [0.717, 1.165) is 30.9 Å². The van der Waals surface area contributed by atoms with Crippen LogP contribution in [0, 0.1) is 0 Å². The fraction of sp³-hybridized carbons (Fsp3) is 0.556. The lowest BCUT2D eigenvalue weighted by Gasteiger charge is -2.43. The average Bonchev–Trinajstić information content (AvgIpc) is 2.85. The second-order valence-electron chi connectivity index (χ2n) is 6.44. The number of methoxy groups -OCH3 is 2. The highest BCUT2D eigenvalue weighted by atomic mass is 16.5. The summed E-state index contributed by atoms with van der Waals surface area (Å²) in [5, 5.41) is 10.1. The fourth-order valence-electron chi connectivity index (χ4n) is 4.30. The molecule has 0 spiro atoms. The summed E-state index contributed by atoms with van der Waals surface area (Å²) in [6, 6.07) is 6.55. The standard InChI is InChI=1S/C18H25NO3/c1-12-9-14(20)11-17-18(12,7-8-19(17)2)13-5-6-15(21-3)16(10-13)22-4/h5-6,9-10,14,17,20H,7-8,11H2,1-4H3/t14-,17-,18+/m0/s1. The quantitative estimate of drug-likeness (QED) is 0.871. The molecule has 4 nitrogen and oxygen atoms in total. The van der Waals surface area contributed by atoms with Crippen molar-refractivity contribution >= 4 is 0 Å². The van der Waals surface area contributed by atoms with Gasteiger partial charge in [-0.25, -0.2) is 0 Å². The van der Waals surface area contributed by atoms with E-state index in [-0.39, 0.29) is 11.5 Å². The van der Waals surface area contributed by atoms with Crippen molar-refractivity contribution in [2.45, 2.75) is 37.3 Å². The molecule has 1 aromatic rings. The number of benzene rings is 1. The lowest BCUT2D eigenvalue weighted by Crippen LogP contribution is -2.47. The van der Waals surface area contributed by atoms with Crippen molar-refractivity contribution in [3.63, 3.8) is 0 Å². The number of nitrogens with zero attached hydrogens (tertiary/aromatic N) is 1. The van der Waals surface area contributed by atoms with Crippen LogP contribution in [0.5, 0.6) is 11.5 Å². The van der Waals surface area contributed by atoms with E-state index in [2.05, 4.69) is 31.0 Å². The molecule has 0 saturated carbocycles. The summed E-state index contributed by atoms with van der Waals surface area (Å²) in [6.45, 7) is 3.18. The molecule has 4 heteroatoms. The zero-order valence-corrected chi connectivity index (χ0v) is 13.8. The van der Waals surface area contributed by atoms with Gasteiger partial charge in [0.2, 0.25) is 0 Å². The average molecular weight is 303 g/mol. The largest absolute Gasteiger partial charge is 0.493 e. The van der Waals surface area contributed by atoms with Crippen molar-refractivity contribution in [1.29, 1.82) is 0 Å². The Hall–Kier alpha value is -1.52. The number of likely N-dealkylation sites (tertiary alicyclic amines) is 1. The predicted octanol–water partition coefficient (Wildman–Crippen LogP) is 2.36. The predicted molar refractivity (Wildman–Crippen MR) is 86.6 cm³/mol. The topological polar surface area (TPSA) is 41.9 Å². The van der Waals surface area contributed by atoms with Crippen LogP contribution < -0.4 is 9.47 Å². The number of aliphatic hydroxyl groups is 1. The van der Waals surface area contributed by atoms with Crippen LogP contribution in [-0.4, -0.2) is 50.0 Å². The minimum Gasteiger partial charge on any atom is -0.493 e. The van der Waals surface area contributed by atoms with Gasteiger partial charge in [0.15, 0.2) is 11.5 Å². The van der Waals surface area contributed by atoms with E-state index in [1.54, 1.807) is 14.2 Å². The molecule has 0 aromatic heterocycles. The molecule has 0 amide bonds. The summed E-state index contributed by atoms with van der Waals surface area (Å²) in [5.41, 5.74) is 2.47. The Bertz CT molecular complexity index is 598. The van der Waals surface area contributed by atoms with Crippen molar-refractivity contribution in [2.75, 3.05) is 27.8 Å². The van der Waals surface area contributed by atoms with E-state index in [9.17, 15) is 5.11 Å². The number of hydrogen-bond donors (Lipinski definition) is 1. The first kappa shape index (κ1) is 15.4. The maximum absolute atomic E-state index is 10.1. The Kier molecular flexibility index (Phi) is 3.91. The lowest BCUT2D eigenvalue weighted by atomic mass is 9.65. The minimum atomic E-state index is -0.348. The van der Waals surface area contributed by atoms with E-state index < -0.39 is 0 Å². The summed E-state index contributed by atoms with van der Waals surface area (Å²) in [6.07, 6.45) is 3.52. The van der Waals surface area contributed by atoms with Gasteiger partial charge in [-0.1, -0.05) is 17.7 Å². The van der Waals surface area contributed by atoms with Crippen LogP contribution in [0.15, 0.2) is 29.8 Å². The van der Waals surface area contributed by atoms with E-state index >= 15 is 0 Å². The molecule has 1 fully saturated rings. The van der Waals surface area contributed by atoms with Crippen LogP contribution in [0.3, 0.4) is 0 Å². The van der Waals surface area contributed by atoms with Crippen molar-refractivity contribution in [3.05, 3.63) is 35.4 Å². The number of ether oxygens (including phenoxy) is 2. The summed E-state index contributed by atoms with van der Waals surface area (Å²) in [7, 11) is 5.48. The Morgan fingerprint density at radius 3 is 2.64 bits per heavy atom. The minimum absolute atomic E-state index is 0.0342. The fourth-order valence-corrected chi connectivity index (χ4v) is 4.30. The molecule has 1 heterocycles. The number of fused-ring (bicyclic) bond motifs is 1. The molecule has 0 radical (unpaired) electrons. The van der Waals surface area contributed by atoms with E-state index in [1.165, 1.54) is 11.1 Å². The number of likely N-dealkylation sites (N-methyl/N-ethyl adjacent to an activating group) is 1. The zero-order chi connectivity index (χ0) is 15.9. The molecular weight excluding hydrogens is 278 g/mol. The smallest absolute Gasteiger partial charge is 0.161 e. The van der Waals surface area contributed by atoms with Gasteiger partial charge in [-0.05, 0) is 51.1 Å².